The van der Waals surface area contributed by atoms with Crippen molar-refractivity contribution in [3.8, 4) is 158 Å². The summed E-state index contributed by atoms with van der Waals surface area (Å²) >= 11 is 0. The highest BCUT2D eigenvalue weighted by atomic mass is 16.5. The van der Waals surface area contributed by atoms with Crippen molar-refractivity contribution in [1.82, 2.24) is 79.4 Å². The molecular formula is C124H86N16O6. The zero-order valence-electron chi connectivity index (χ0n) is 79.4. The number of hydrogen-bond donors (Lipinski definition) is 4. The smallest absolute Gasteiger partial charge is 0.325 e. The number of nitrogens with zero attached hydrogens (tertiary/aromatic N) is 12. The van der Waals surface area contributed by atoms with Crippen molar-refractivity contribution in [1.29, 1.82) is 0 Å². The van der Waals surface area contributed by atoms with Crippen LogP contribution in [0.15, 0.2) is 352 Å². The number of H-pyrrole nitrogens is 4. The fraction of sp³-hybridized carbons (Fsp3) is 0.0806. The topological polar surface area (TPSA) is 250 Å². The molecule has 698 valence electrons. The van der Waals surface area contributed by atoms with Crippen molar-refractivity contribution < 1.29 is 28.5 Å². The lowest BCUT2D eigenvalue weighted by Crippen LogP contribution is -2.62. The van der Waals surface area contributed by atoms with Crippen LogP contribution >= 0.6 is 0 Å². The fourth-order valence-electron chi connectivity index (χ4n) is 23.9. The molecule has 146 heavy (non-hydrogen) atoms. The van der Waals surface area contributed by atoms with Crippen molar-refractivity contribution in [2.75, 3.05) is 28.4 Å². The third kappa shape index (κ3) is 12.5. The summed E-state index contributed by atoms with van der Waals surface area (Å²) in [6.07, 6.45) is 8.42. The first-order valence-electron chi connectivity index (χ1n) is 48.7. The molecule has 20 aromatic rings. The van der Waals surface area contributed by atoms with Gasteiger partial charge in [0, 0.05) is 122 Å². The second kappa shape index (κ2) is 33.2. The third-order valence-electron chi connectivity index (χ3n) is 29.9. The number of carbonyl (C=O) groups excluding carboxylic acids is 2. The van der Waals surface area contributed by atoms with Crippen molar-refractivity contribution in [3.63, 3.8) is 0 Å². The molecule has 12 aromatic carbocycles. The van der Waals surface area contributed by atoms with Gasteiger partial charge in [-0.15, -0.1) is 0 Å². The van der Waals surface area contributed by atoms with E-state index in [1.165, 1.54) is 0 Å². The van der Waals surface area contributed by atoms with Gasteiger partial charge >= 0.3 is 12.1 Å². The number of fused-ring (bicyclic) bond motifs is 26. The van der Waals surface area contributed by atoms with Gasteiger partial charge in [-0.3, -0.25) is 19.6 Å². The molecule has 16 bridgehead atoms. The van der Waals surface area contributed by atoms with E-state index in [0.29, 0.717) is 124 Å². The van der Waals surface area contributed by atoms with E-state index in [0.717, 1.165) is 156 Å². The van der Waals surface area contributed by atoms with E-state index in [1.54, 1.807) is 28.4 Å². The minimum absolute atomic E-state index is 0.158. The van der Waals surface area contributed by atoms with Crippen molar-refractivity contribution in [2.24, 2.45) is 0 Å². The minimum atomic E-state index is -1.76. The monoisotopic (exact) mass is 1890 g/mol. The number of aromatic amines is 4. The van der Waals surface area contributed by atoms with E-state index < -0.39 is 23.4 Å². The lowest BCUT2D eigenvalue weighted by atomic mass is 9.79. The van der Waals surface area contributed by atoms with E-state index in [-0.39, 0.29) is 26.2 Å². The maximum atomic E-state index is 18.1. The summed E-state index contributed by atoms with van der Waals surface area (Å²) in [6, 6.07) is 118. The molecule has 0 aliphatic carbocycles. The van der Waals surface area contributed by atoms with Crippen LogP contribution in [-0.4, -0.2) is 120 Å². The number of urea groups is 2. The molecule has 8 aliphatic heterocycles. The molecule has 8 aromatic heterocycles. The summed E-state index contributed by atoms with van der Waals surface area (Å²) in [6.45, 7) is -0.630. The zero-order valence-corrected chi connectivity index (χ0v) is 79.4. The van der Waals surface area contributed by atoms with Gasteiger partial charge in [0.1, 0.15) is 67.6 Å². The second-order valence-corrected chi connectivity index (χ2v) is 37.4. The molecule has 28 rings (SSSR count). The largest absolute Gasteiger partial charge is 0.494 e. The van der Waals surface area contributed by atoms with Gasteiger partial charge < -0.3 is 38.9 Å². The second-order valence-electron chi connectivity index (χ2n) is 37.4. The Bertz CT molecular complexity index is 8340. The molecule has 8 aliphatic rings. The van der Waals surface area contributed by atoms with Gasteiger partial charge in [-0.1, -0.05) is 303 Å². The van der Waals surface area contributed by atoms with E-state index in [9.17, 15) is 0 Å². The maximum Gasteiger partial charge on any atom is 0.325 e. The normalized spacial score (nSPS) is 15.5. The first-order valence-corrected chi connectivity index (χ1v) is 48.7. The maximum absolute atomic E-state index is 18.1. The zero-order chi connectivity index (χ0) is 97.3. The number of benzene rings is 12. The number of carbonyl (C=O) groups is 2. The molecule has 2 saturated heterocycles. The van der Waals surface area contributed by atoms with E-state index in [2.05, 4.69) is 238 Å². The number of amides is 4. The highest BCUT2D eigenvalue weighted by molar-refractivity contribution is 6.10. The summed E-state index contributed by atoms with van der Waals surface area (Å²) in [7, 11) is 6.52. The molecule has 16 heterocycles. The summed E-state index contributed by atoms with van der Waals surface area (Å²) in [5.74, 6) is 1.25. The predicted octanol–water partition coefficient (Wildman–Crippen LogP) is 27.1. The highest BCUT2D eigenvalue weighted by Crippen LogP contribution is 2.68. The van der Waals surface area contributed by atoms with Crippen LogP contribution in [0, 0.1) is 0 Å². The molecular weight excluding hydrogens is 1810 g/mol. The van der Waals surface area contributed by atoms with Gasteiger partial charge in [0.05, 0.1) is 77.4 Å². The number of methoxy groups -OCH3 is 4. The van der Waals surface area contributed by atoms with Gasteiger partial charge in [-0.05, 0) is 117 Å². The fourth-order valence-corrected chi connectivity index (χ4v) is 23.9. The number of aromatic nitrogens is 12. The highest BCUT2D eigenvalue weighted by Gasteiger charge is 2.81. The SMILES string of the molecule is COc1c2c(c(OC)c3nc4c(nc13)-c1nc-4c(-c3ccccc3)c3ccc([nH]3)c(-c3ccccc3)c3nc(c(-c4ccccc4)c4ccc([nH]4)c1-c1ccccc1)C=C3)CN1C(=O)N3Cc4c(c(OC)c5nc6c(nc5c4OC)-c4nc-6c(-c5ccccc5)c5ccc([nH]5)c(-c5ccccc5)c5nc(c(-c6ccccc6)c6ccc([nH]6)c4-c4ccccc4)C=C5)CN4C(=O)N(C2)C1(c1ccccc1)C43c1ccccc1. The number of ether oxygens (including phenoxy) is 4. The van der Waals surface area contributed by atoms with Crippen LogP contribution in [0.2, 0.25) is 0 Å². The predicted molar refractivity (Wildman–Crippen MR) is 574 cm³/mol. The van der Waals surface area contributed by atoms with Crippen LogP contribution in [0.3, 0.4) is 0 Å². The van der Waals surface area contributed by atoms with Crippen LogP contribution < -0.4 is 18.9 Å². The molecule has 0 spiro atoms. The Kier molecular flexibility index (Phi) is 19.3. The van der Waals surface area contributed by atoms with E-state index >= 15 is 9.59 Å². The van der Waals surface area contributed by atoms with Gasteiger partial charge in [0.2, 0.25) is 0 Å². The Morgan fingerprint density at radius 1 is 0.212 bits per heavy atom. The van der Waals surface area contributed by atoms with Crippen LogP contribution in [-0.2, 0) is 37.5 Å². The molecule has 0 unspecified atom stereocenters. The standard InChI is InChI=1S/C124H86N16O6/c1-143-117-81-67-137-121(141)139-69-83-84(120(146-4)116-115(119(83)145-3)135-111-107-103(77-47-27-11-28-48-77)95-65-61-91(129-95)99(73-39-19-7-20-40-73)87-57-58-88(126-87)100(74-41-21-8-22-42-74)92-62-66-96(130-92)104(78-49-29-12-30-50-78)108(132-107)112(111)136-116)70-140-122(142)138(123(137,79-51-31-13-32-52-79)124(139,140)80-53-33-14-34-54-80)68-82(81)118(144-2)114-113(117)133-109-105-101(75-43-23-9-24-44-75)93-63-59-89(127-93)97(71-35-15-5-16-36-71)85-55-56-86(125-85)98(72-37-17-6-18-38-72)90-60-64-94(128-90)102(76-45-25-10-26-46-76)106(131-105)110(109)134-114/h5-66,127-130H,67-70H2,1-4H3. The lowest BCUT2D eigenvalue weighted by Gasteiger charge is -2.49. The van der Waals surface area contributed by atoms with Crippen LogP contribution in [0.25, 0.3) is 225 Å². The van der Waals surface area contributed by atoms with Gasteiger partial charge in [0.15, 0.2) is 34.3 Å². The molecule has 22 nitrogen and oxygen atoms in total. The van der Waals surface area contributed by atoms with Crippen LogP contribution in [0.4, 0.5) is 9.59 Å². The lowest BCUT2D eigenvalue weighted by molar-refractivity contribution is -0.0795. The minimum Gasteiger partial charge on any atom is -0.494 e. The molecule has 2 fully saturated rings. The van der Waals surface area contributed by atoms with Gasteiger partial charge in [-0.2, -0.15) is 0 Å². The Hall–Kier alpha value is -19.2. The summed E-state index contributed by atoms with van der Waals surface area (Å²) < 4.78 is 28.1. The molecule has 0 atom stereocenters. The van der Waals surface area contributed by atoms with Crippen LogP contribution in [0.1, 0.15) is 56.2 Å². The number of hydrogen-bond acceptors (Lipinski definition) is 14. The Labute approximate surface area is 836 Å². The summed E-state index contributed by atoms with van der Waals surface area (Å²) in [5, 5.41) is 0. The third-order valence-corrected chi connectivity index (χ3v) is 29.9. The Morgan fingerprint density at radius 3 is 0.582 bits per heavy atom. The molecule has 0 saturated carbocycles. The number of nitrogens with one attached hydrogen (secondary N) is 4. The van der Waals surface area contributed by atoms with Crippen molar-refractivity contribution >= 4 is 103 Å². The van der Waals surface area contributed by atoms with E-state index in [1.807, 2.05) is 177 Å². The number of rotatable bonds is 14. The van der Waals surface area contributed by atoms with Crippen molar-refractivity contribution in [2.45, 2.75) is 37.5 Å². The molecule has 22 heteroatoms. The average molecular weight is 1900 g/mol. The Morgan fingerprint density at radius 2 is 0.390 bits per heavy atom. The van der Waals surface area contributed by atoms with Crippen molar-refractivity contribution in [3.05, 3.63) is 408 Å². The molecule has 4 N–H and O–H groups in total. The van der Waals surface area contributed by atoms with Crippen LogP contribution in [0.5, 0.6) is 23.0 Å². The quantitative estimate of drug-likeness (QED) is 0.0791. The first-order chi connectivity index (χ1) is 72.1. The summed E-state index contributed by atoms with van der Waals surface area (Å²) in [5.41, 5.74) is 28.3. The van der Waals surface area contributed by atoms with Gasteiger partial charge in [-0.25, -0.2) is 49.5 Å². The molecule has 0 radical (unpaired) electrons. The molecule has 4 amide bonds. The first kappa shape index (κ1) is 84.8. The van der Waals surface area contributed by atoms with E-state index in [4.69, 9.17) is 58.8 Å². The Balaban J connectivity index is 0.689. The average Bonchev–Trinajstić information content (AvgIpc) is 1.46. The summed E-state index contributed by atoms with van der Waals surface area (Å²) in [4.78, 5) is 107. The van der Waals surface area contributed by atoms with Gasteiger partial charge in [0.25, 0.3) is 0 Å².